The van der Waals surface area contributed by atoms with Crippen LogP contribution in [-0.2, 0) is 10.0 Å². The summed E-state index contributed by atoms with van der Waals surface area (Å²) < 4.78 is 39.3. The smallest absolute Gasteiger partial charge is 0.259 e. The molecule has 206 valence electrons. The minimum Gasteiger partial charge on any atom is -0.497 e. The van der Waals surface area contributed by atoms with Gasteiger partial charge in [0, 0.05) is 43.8 Å². The van der Waals surface area contributed by atoms with Gasteiger partial charge < -0.3 is 19.5 Å². The predicted molar refractivity (Wildman–Crippen MR) is 145 cm³/mol. The van der Waals surface area contributed by atoms with Crippen molar-refractivity contribution < 1.29 is 27.8 Å². The summed E-state index contributed by atoms with van der Waals surface area (Å²) in [5.41, 5.74) is 0.817. The highest BCUT2D eigenvalue weighted by atomic mass is 32.2. The average molecular weight is 544 g/mol. The molecule has 1 aliphatic heterocycles. The Morgan fingerprint density at radius 2 is 2.03 bits per heavy atom. The zero-order chi connectivity index (χ0) is 28.0. The molecule has 2 aromatic rings. The minimum absolute atomic E-state index is 0.0211. The van der Waals surface area contributed by atoms with Gasteiger partial charge >= 0.3 is 0 Å². The van der Waals surface area contributed by atoms with Crippen molar-refractivity contribution in [2.75, 3.05) is 33.9 Å². The van der Waals surface area contributed by atoms with Gasteiger partial charge in [0.15, 0.2) is 0 Å². The molecule has 0 fully saturated rings. The first-order chi connectivity index (χ1) is 18.0. The molecule has 0 saturated heterocycles. The van der Waals surface area contributed by atoms with Gasteiger partial charge in [-0.15, -0.1) is 0 Å². The average Bonchev–Trinajstić information content (AvgIpc) is 2.90. The molecule has 1 aromatic carbocycles. The van der Waals surface area contributed by atoms with Gasteiger partial charge in [-0.1, -0.05) is 38.7 Å². The molecule has 2 heterocycles. The van der Waals surface area contributed by atoms with Crippen molar-refractivity contribution in [3.8, 4) is 23.5 Å². The Bertz CT molecular complexity index is 1300. The number of pyridine rings is 1. The van der Waals surface area contributed by atoms with E-state index >= 15 is 0 Å². The third kappa shape index (κ3) is 6.84. The molecule has 1 aliphatic rings. The fourth-order valence-corrected chi connectivity index (χ4v) is 5.26. The van der Waals surface area contributed by atoms with Gasteiger partial charge in [0.05, 0.1) is 31.2 Å². The first-order valence-corrected chi connectivity index (χ1v) is 14.1. The number of amides is 1. The Kier molecular flexibility index (Phi) is 9.77. The number of fused-ring (bicyclic) bond motifs is 1. The van der Waals surface area contributed by atoms with Gasteiger partial charge in [-0.25, -0.2) is 13.4 Å². The van der Waals surface area contributed by atoms with Crippen LogP contribution in [0.25, 0.3) is 0 Å². The Morgan fingerprint density at radius 3 is 2.68 bits per heavy atom. The van der Waals surface area contributed by atoms with E-state index in [1.54, 1.807) is 36.2 Å². The molecule has 0 saturated carbocycles. The summed E-state index contributed by atoms with van der Waals surface area (Å²) in [6.07, 6.45) is 1.65. The van der Waals surface area contributed by atoms with Crippen molar-refractivity contribution in [2.24, 2.45) is 11.8 Å². The van der Waals surface area contributed by atoms with E-state index in [1.807, 2.05) is 6.92 Å². The van der Waals surface area contributed by atoms with Crippen LogP contribution in [0.1, 0.15) is 50.0 Å². The van der Waals surface area contributed by atoms with E-state index in [1.165, 1.54) is 30.6 Å². The fraction of sp³-hybridized carbons (Fsp3) is 0.500. The van der Waals surface area contributed by atoms with Crippen molar-refractivity contribution in [3.05, 3.63) is 47.7 Å². The van der Waals surface area contributed by atoms with Crippen LogP contribution >= 0.6 is 0 Å². The zero-order valence-electron chi connectivity index (χ0n) is 22.8. The number of carbonyl (C=O) groups excluding carboxylic acids is 1. The second-order valence-electron chi connectivity index (χ2n) is 10.1. The number of aliphatic hydroxyl groups excluding tert-OH is 1. The second-order valence-corrected chi connectivity index (χ2v) is 12.1. The topological polar surface area (TPSA) is 109 Å². The number of aromatic nitrogens is 1. The van der Waals surface area contributed by atoms with Gasteiger partial charge in [-0.2, -0.15) is 4.31 Å². The van der Waals surface area contributed by atoms with Gasteiger partial charge in [-0.3, -0.25) is 4.79 Å². The first kappa shape index (κ1) is 29.4. The molecule has 1 N–H and O–H groups in total. The third-order valence-corrected chi connectivity index (χ3v) is 8.27. The SMILES string of the molecule is COc1cccc(S(=O)(=O)N(C)C[C@@H]2Oc3ncc(C#CCC(C)C)cc3C(=O)N([C@H](C)CO)C[C@H]2C)c1. The lowest BCUT2D eigenvalue weighted by Gasteiger charge is -2.37. The molecule has 0 spiro atoms. The van der Waals surface area contributed by atoms with Crippen LogP contribution in [0.2, 0.25) is 0 Å². The molecule has 1 amide bonds. The number of nitrogens with zero attached hydrogens (tertiary/aromatic N) is 3. The largest absolute Gasteiger partial charge is 0.497 e. The predicted octanol–water partition coefficient (Wildman–Crippen LogP) is 3.03. The maximum absolute atomic E-state index is 13.5. The zero-order valence-corrected chi connectivity index (χ0v) is 23.7. The third-order valence-electron chi connectivity index (χ3n) is 6.45. The van der Waals surface area contributed by atoms with Crippen LogP contribution in [0.4, 0.5) is 0 Å². The lowest BCUT2D eigenvalue weighted by molar-refractivity contribution is 0.0373. The number of rotatable bonds is 8. The second kappa shape index (κ2) is 12.6. The van der Waals surface area contributed by atoms with E-state index < -0.39 is 22.2 Å². The molecule has 9 nitrogen and oxygen atoms in total. The van der Waals surface area contributed by atoms with Crippen LogP contribution in [-0.4, -0.2) is 79.6 Å². The van der Waals surface area contributed by atoms with E-state index in [2.05, 4.69) is 30.7 Å². The number of ether oxygens (including phenoxy) is 2. The van der Waals surface area contributed by atoms with E-state index in [0.29, 0.717) is 23.7 Å². The molecular weight excluding hydrogens is 506 g/mol. The van der Waals surface area contributed by atoms with Crippen LogP contribution in [0.15, 0.2) is 41.4 Å². The number of carbonyl (C=O) groups is 1. The van der Waals surface area contributed by atoms with Crippen LogP contribution < -0.4 is 9.47 Å². The van der Waals surface area contributed by atoms with E-state index in [4.69, 9.17) is 9.47 Å². The number of hydrogen-bond acceptors (Lipinski definition) is 7. The summed E-state index contributed by atoms with van der Waals surface area (Å²) in [6.45, 7) is 7.87. The van der Waals surface area contributed by atoms with E-state index in [-0.39, 0.29) is 47.9 Å². The number of hydrogen-bond donors (Lipinski definition) is 1. The highest BCUT2D eigenvalue weighted by Crippen LogP contribution is 2.28. The Hall–Kier alpha value is -3.13. The molecule has 10 heteroatoms. The fourth-order valence-electron chi connectivity index (χ4n) is 4.04. The number of benzene rings is 1. The number of sulfonamides is 1. The van der Waals surface area contributed by atoms with E-state index in [0.717, 1.165) is 0 Å². The Morgan fingerprint density at radius 1 is 1.29 bits per heavy atom. The van der Waals surface area contributed by atoms with Crippen LogP contribution in [0, 0.1) is 23.7 Å². The maximum Gasteiger partial charge on any atom is 0.259 e. The number of methoxy groups -OCH3 is 1. The summed E-state index contributed by atoms with van der Waals surface area (Å²) in [7, 11) is -0.879. The van der Waals surface area contributed by atoms with E-state index in [9.17, 15) is 18.3 Å². The van der Waals surface area contributed by atoms with Gasteiger partial charge in [0.25, 0.3) is 5.91 Å². The van der Waals surface area contributed by atoms with Crippen molar-refractivity contribution in [1.82, 2.24) is 14.2 Å². The van der Waals surface area contributed by atoms with Gasteiger partial charge in [0.1, 0.15) is 17.4 Å². The minimum atomic E-state index is -3.85. The number of likely N-dealkylation sites (N-methyl/N-ethyl adjacent to an activating group) is 1. The highest BCUT2D eigenvalue weighted by Gasteiger charge is 2.36. The summed E-state index contributed by atoms with van der Waals surface area (Å²) in [4.78, 5) is 19.6. The van der Waals surface area contributed by atoms with Crippen molar-refractivity contribution in [3.63, 3.8) is 0 Å². The number of aliphatic hydroxyl groups is 1. The quantitative estimate of drug-likeness (QED) is 0.510. The van der Waals surface area contributed by atoms with Crippen molar-refractivity contribution in [1.29, 1.82) is 0 Å². The first-order valence-electron chi connectivity index (χ1n) is 12.7. The highest BCUT2D eigenvalue weighted by molar-refractivity contribution is 7.89. The molecule has 38 heavy (non-hydrogen) atoms. The lowest BCUT2D eigenvalue weighted by Crippen LogP contribution is -2.50. The van der Waals surface area contributed by atoms with Crippen molar-refractivity contribution in [2.45, 2.75) is 51.2 Å². The standard InChI is InChI=1S/C28H37N3O6S/c1-19(2)9-7-10-22-13-25-27(29-15-22)37-26(20(3)16-31(28(25)33)21(4)18-32)17-30(5)38(34,35)24-12-8-11-23(14-24)36-6/h8,11-15,19-21,26,32H,9,16-18H2,1-6H3/t20-,21-,26+/m1/s1. The normalized spacial score (nSPS) is 18.7. The molecule has 0 unspecified atom stereocenters. The molecule has 3 atom stereocenters. The molecule has 0 aliphatic carbocycles. The molecule has 0 bridgehead atoms. The Labute approximate surface area is 225 Å². The van der Waals surface area contributed by atoms with Crippen LogP contribution in [0.5, 0.6) is 11.6 Å². The van der Waals surface area contributed by atoms with Gasteiger partial charge in [-0.05, 0) is 31.0 Å². The molecule has 1 aromatic heterocycles. The molecule has 0 radical (unpaired) electrons. The summed E-state index contributed by atoms with van der Waals surface area (Å²) >= 11 is 0. The van der Waals surface area contributed by atoms with Crippen molar-refractivity contribution >= 4 is 15.9 Å². The Balaban J connectivity index is 1.97. The summed E-state index contributed by atoms with van der Waals surface area (Å²) in [6, 6.07) is 7.48. The summed E-state index contributed by atoms with van der Waals surface area (Å²) in [5, 5.41) is 9.85. The molecular formula is C28H37N3O6S. The summed E-state index contributed by atoms with van der Waals surface area (Å²) in [5.74, 6) is 6.54. The molecule has 3 rings (SSSR count). The van der Waals surface area contributed by atoms with Crippen LogP contribution in [0.3, 0.4) is 0 Å². The van der Waals surface area contributed by atoms with Gasteiger partial charge in [0.2, 0.25) is 15.9 Å². The monoisotopic (exact) mass is 543 g/mol. The lowest BCUT2D eigenvalue weighted by atomic mass is 10.00. The maximum atomic E-state index is 13.5.